The minimum atomic E-state index is -0.660. The fraction of sp³-hybridized carbons (Fsp3) is 0.647. The molecule has 0 aromatic carbocycles. The molecule has 7 heteroatoms. The monoisotopic (exact) mass is 349 g/mol. The van der Waals surface area contributed by atoms with Crippen molar-refractivity contribution in [2.45, 2.75) is 46.4 Å². The third-order valence-corrected chi connectivity index (χ3v) is 5.94. The second-order valence-corrected chi connectivity index (χ2v) is 8.16. The average Bonchev–Trinajstić information content (AvgIpc) is 2.82. The van der Waals surface area contributed by atoms with Crippen LogP contribution in [0.3, 0.4) is 0 Å². The Morgan fingerprint density at radius 1 is 1.33 bits per heavy atom. The van der Waals surface area contributed by atoms with Crippen LogP contribution in [0.15, 0.2) is 0 Å². The number of aromatic nitrogens is 2. The number of anilines is 1. The number of fused-ring (bicyclic) bond motifs is 1. The molecule has 1 saturated heterocycles. The van der Waals surface area contributed by atoms with Crippen LogP contribution in [0.5, 0.6) is 0 Å². The number of thiophene rings is 1. The normalized spacial score (nSPS) is 17.6. The van der Waals surface area contributed by atoms with E-state index in [2.05, 4.69) is 29.4 Å². The van der Waals surface area contributed by atoms with Crippen LogP contribution >= 0.6 is 11.3 Å². The number of aryl methyl sites for hydroxylation is 2. The Morgan fingerprint density at radius 3 is 2.71 bits per heavy atom. The van der Waals surface area contributed by atoms with Crippen LogP contribution in [-0.2, 0) is 0 Å². The van der Waals surface area contributed by atoms with Gasteiger partial charge in [0, 0.05) is 24.5 Å². The molecule has 1 unspecified atom stereocenters. The maximum Gasteiger partial charge on any atom is 0.148 e. The summed E-state index contributed by atoms with van der Waals surface area (Å²) in [6, 6.07) is 0.456. The van der Waals surface area contributed by atoms with Crippen LogP contribution in [0.25, 0.3) is 10.2 Å². The van der Waals surface area contributed by atoms with E-state index in [-0.39, 0.29) is 0 Å². The van der Waals surface area contributed by atoms with E-state index in [1.807, 2.05) is 18.7 Å². The molecule has 1 aliphatic heterocycles. The number of aliphatic hydroxyl groups is 1. The summed E-state index contributed by atoms with van der Waals surface area (Å²) in [7, 11) is 0. The smallest absolute Gasteiger partial charge is 0.148 e. The van der Waals surface area contributed by atoms with Crippen LogP contribution in [0.1, 0.15) is 42.6 Å². The minimum absolute atomic E-state index is 0.456. The van der Waals surface area contributed by atoms with E-state index in [0.717, 1.165) is 46.0 Å². The van der Waals surface area contributed by atoms with Gasteiger partial charge in [-0.25, -0.2) is 0 Å². The van der Waals surface area contributed by atoms with Crippen molar-refractivity contribution >= 4 is 27.2 Å². The zero-order chi connectivity index (χ0) is 17.4. The maximum atomic E-state index is 10.7. The van der Waals surface area contributed by atoms with Gasteiger partial charge < -0.3 is 16.2 Å². The molecular weight excluding hydrogens is 322 g/mol. The molecule has 1 fully saturated rings. The van der Waals surface area contributed by atoms with Crippen molar-refractivity contribution in [2.24, 2.45) is 5.92 Å². The summed E-state index contributed by atoms with van der Waals surface area (Å²) < 4.78 is 0. The molecule has 2 aromatic heterocycles. The number of nitrogens with zero attached hydrogens (tertiary/aromatic N) is 3. The lowest BCUT2D eigenvalue weighted by Gasteiger charge is -2.42. The zero-order valence-corrected chi connectivity index (χ0v) is 15.7. The molecule has 4 N–H and O–H groups in total. The molecule has 0 saturated carbocycles. The van der Waals surface area contributed by atoms with E-state index in [9.17, 15) is 5.11 Å². The van der Waals surface area contributed by atoms with Crippen molar-refractivity contribution in [3.05, 3.63) is 16.1 Å². The van der Waals surface area contributed by atoms with E-state index in [0.29, 0.717) is 17.6 Å². The summed E-state index contributed by atoms with van der Waals surface area (Å²) in [4.78, 5) is 3.63. The standard InChI is InChI=1S/C17H27N5OS/c1-9(2)5-6-19-12-7-22(8-12)17(23)15-14(18)13-10(3)11(4)20-21-16(13)24-15/h9,12,17,19,23H,5-8,18H2,1-4H3. The van der Waals surface area contributed by atoms with Gasteiger partial charge in [-0.05, 0) is 38.3 Å². The van der Waals surface area contributed by atoms with Gasteiger partial charge in [-0.3, -0.25) is 4.90 Å². The number of aliphatic hydroxyl groups excluding tert-OH is 1. The van der Waals surface area contributed by atoms with Crippen molar-refractivity contribution in [3.63, 3.8) is 0 Å². The fourth-order valence-electron chi connectivity index (χ4n) is 3.03. The van der Waals surface area contributed by atoms with E-state index in [4.69, 9.17) is 5.73 Å². The van der Waals surface area contributed by atoms with Gasteiger partial charge in [-0.2, -0.15) is 5.10 Å². The highest BCUT2D eigenvalue weighted by molar-refractivity contribution is 7.19. The van der Waals surface area contributed by atoms with E-state index in [1.54, 1.807) is 0 Å². The van der Waals surface area contributed by atoms with Crippen molar-refractivity contribution in [1.29, 1.82) is 0 Å². The first-order chi connectivity index (χ1) is 11.4. The van der Waals surface area contributed by atoms with Crippen LogP contribution < -0.4 is 11.1 Å². The minimum Gasteiger partial charge on any atom is -0.397 e. The second kappa shape index (κ2) is 6.92. The highest BCUT2D eigenvalue weighted by Gasteiger charge is 2.34. The van der Waals surface area contributed by atoms with Crippen LogP contribution in [-0.4, -0.2) is 45.9 Å². The fourth-order valence-corrected chi connectivity index (χ4v) is 4.15. The Kier molecular flexibility index (Phi) is 5.05. The number of hydrogen-bond donors (Lipinski definition) is 3. The van der Waals surface area contributed by atoms with Gasteiger partial charge >= 0.3 is 0 Å². The van der Waals surface area contributed by atoms with Crippen LogP contribution in [0.4, 0.5) is 5.69 Å². The summed E-state index contributed by atoms with van der Waals surface area (Å²) in [5.74, 6) is 0.713. The third-order valence-electron chi connectivity index (χ3n) is 4.81. The van der Waals surface area contributed by atoms with Crippen LogP contribution in [0, 0.1) is 19.8 Å². The predicted octanol–water partition coefficient (Wildman–Crippen LogP) is 2.20. The molecule has 3 rings (SSSR count). The lowest BCUT2D eigenvalue weighted by molar-refractivity contribution is -0.0511. The van der Waals surface area contributed by atoms with Gasteiger partial charge in [-0.15, -0.1) is 16.4 Å². The van der Waals surface area contributed by atoms with Gasteiger partial charge in [0.1, 0.15) is 11.1 Å². The Bertz CT molecular complexity index is 723. The molecule has 1 atom stereocenters. The largest absolute Gasteiger partial charge is 0.397 e. The van der Waals surface area contributed by atoms with Gasteiger partial charge in [0.05, 0.1) is 16.3 Å². The van der Waals surface area contributed by atoms with Crippen molar-refractivity contribution in [2.75, 3.05) is 25.4 Å². The number of likely N-dealkylation sites (tertiary alicyclic amines) is 1. The molecule has 24 heavy (non-hydrogen) atoms. The molecule has 0 radical (unpaired) electrons. The van der Waals surface area contributed by atoms with E-state index >= 15 is 0 Å². The number of nitrogens with one attached hydrogen (secondary N) is 1. The molecule has 1 aliphatic rings. The quantitative estimate of drug-likeness (QED) is 0.741. The van der Waals surface area contributed by atoms with Gasteiger partial charge in [0.15, 0.2) is 0 Å². The zero-order valence-electron chi connectivity index (χ0n) is 14.8. The Morgan fingerprint density at radius 2 is 2.04 bits per heavy atom. The number of nitrogen functional groups attached to an aromatic ring is 1. The predicted molar refractivity (Wildman–Crippen MR) is 99.1 cm³/mol. The van der Waals surface area contributed by atoms with Crippen molar-refractivity contribution in [1.82, 2.24) is 20.4 Å². The second-order valence-electron chi connectivity index (χ2n) is 7.13. The highest BCUT2D eigenvalue weighted by Crippen LogP contribution is 2.40. The Balaban J connectivity index is 1.67. The summed E-state index contributed by atoms with van der Waals surface area (Å²) in [6.07, 6.45) is 0.520. The Labute approximate surface area is 147 Å². The van der Waals surface area contributed by atoms with Gasteiger partial charge in [-0.1, -0.05) is 13.8 Å². The SMILES string of the molecule is Cc1nnc2sc(C(O)N3CC(NCCC(C)C)C3)c(N)c2c1C. The third kappa shape index (κ3) is 3.26. The van der Waals surface area contributed by atoms with Gasteiger partial charge in [0.2, 0.25) is 0 Å². The lowest BCUT2D eigenvalue weighted by Crippen LogP contribution is -2.58. The summed E-state index contributed by atoms with van der Waals surface area (Å²) in [5, 5.41) is 23.6. The first-order valence-electron chi connectivity index (χ1n) is 8.55. The van der Waals surface area contributed by atoms with Crippen LogP contribution in [0.2, 0.25) is 0 Å². The first-order valence-corrected chi connectivity index (χ1v) is 9.37. The van der Waals surface area contributed by atoms with Crippen molar-refractivity contribution in [3.8, 4) is 0 Å². The molecule has 6 nitrogen and oxygen atoms in total. The molecule has 2 aromatic rings. The summed E-state index contributed by atoms with van der Waals surface area (Å²) >= 11 is 1.44. The van der Waals surface area contributed by atoms with E-state index < -0.39 is 6.23 Å². The topological polar surface area (TPSA) is 87.3 Å². The molecule has 0 aliphatic carbocycles. The molecule has 0 bridgehead atoms. The molecule has 0 amide bonds. The highest BCUT2D eigenvalue weighted by atomic mass is 32.1. The van der Waals surface area contributed by atoms with Gasteiger partial charge in [0.25, 0.3) is 0 Å². The Hall–Kier alpha value is -1.28. The summed E-state index contributed by atoms with van der Waals surface area (Å²) in [5.41, 5.74) is 8.89. The molecule has 0 spiro atoms. The molecule has 132 valence electrons. The average molecular weight is 350 g/mol. The molecular formula is C17H27N5OS. The number of rotatable bonds is 6. The number of nitrogens with two attached hydrogens (primary N) is 1. The first kappa shape index (κ1) is 17.5. The molecule has 3 heterocycles. The lowest BCUT2D eigenvalue weighted by atomic mass is 10.1. The number of hydrogen-bond acceptors (Lipinski definition) is 7. The van der Waals surface area contributed by atoms with Crippen molar-refractivity contribution < 1.29 is 5.11 Å². The summed E-state index contributed by atoms with van der Waals surface area (Å²) in [6.45, 7) is 11.1. The maximum absolute atomic E-state index is 10.7. The van der Waals surface area contributed by atoms with E-state index in [1.165, 1.54) is 17.8 Å².